The van der Waals surface area contributed by atoms with Crippen LogP contribution in [0.4, 0.5) is 0 Å². The van der Waals surface area contributed by atoms with Gasteiger partial charge in [0.15, 0.2) is 0 Å². The summed E-state index contributed by atoms with van der Waals surface area (Å²) in [5.74, 6) is 0. The molecule has 0 bridgehead atoms. The third-order valence-electron chi connectivity index (χ3n) is 7.32. The molecule has 8 rings (SSSR count). The Labute approximate surface area is 202 Å². The highest BCUT2D eigenvalue weighted by Gasteiger charge is 2.22. The van der Waals surface area contributed by atoms with Crippen LogP contribution in [0.3, 0.4) is 0 Å². The van der Waals surface area contributed by atoms with Crippen LogP contribution >= 0.6 is 0 Å². The fourth-order valence-electron chi connectivity index (χ4n) is 5.81. The Bertz CT molecular complexity index is 1940. The minimum Gasteiger partial charge on any atom is -0.309 e. The monoisotopic (exact) mass is 444 g/mol. The largest absolute Gasteiger partial charge is 0.309 e. The van der Waals surface area contributed by atoms with E-state index in [0.29, 0.717) is 0 Å². The number of hydrogen-bond acceptors (Lipinski definition) is 1. The predicted molar refractivity (Wildman–Crippen MR) is 146 cm³/mol. The van der Waals surface area contributed by atoms with Crippen LogP contribution in [0.1, 0.15) is 0 Å². The quantitative estimate of drug-likeness (QED) is 0.261. The molecule has 0 N–H and O–H groups in total. The first-order valence-corrected chi connectivity index (χ1v) is 12.0. The van der Waals surface area contributed by atoms with Crippen LogP contribution in [0, 0.1) is 0 Å². The van der Waals surface area contributed by atoms with Gasteiger partial charge in [-0.25, -0.2) is 4.98 Å². The van der Waals surface area contributed by atoms with Crippen LogP contribution < -0.4 is 0 Å². The Morgan fingerprint density at radius 3 is 2.09 bits per heavy atom. The summed E-state index contributed by atoms with van der Waals surface area (Å²) in [6, 6.07) is 43.4. The molecule has 2 nitrogen and oxygen atoms in total. The van der Waals surface area contributed by atoms with Crippen LogP contribution in [0.2, 0.25) is 0 Å². The van der Waals surface area contributed by atoms with Crippen molar-refractivity contribution in [1.29, 1.82) is 0 Å². The predicted octanol–water partition coefficient (Wildman–Crippen LogP) is 8.65. The van der Waals surface area contributed by atoms with E-state index in [1.54, 1.807) is 0 Å². The van der Waals surface area contributed by atoms with E-state index in [4.69, 9.17) is 4.98 Å². The molecular formula is C33H20N2. The van der Waals surface area contributed by atoms with Gasteiger partial charge in [-0.1, -0.05) is 78.9 Å². The van der Waals surface area contributed by atoms with Gasteiger partial charge in [-0.3, -0.25) is 0 Å². The first-order chi connectivity index (χ1) is 17.4. The van der Waals surface area contributed by atoms with Crippen molar-refractivity contribution in [3.05, 3.63) is 121 Å². The third-order valence-corrected chi connectivity index (χ3v) is 7.32. The van der Waals surface area contributed by atoms with Gasteiger partial charge < -0.3 is 4.57 Å². The normalized spacial score (nSPS) is 12.0. The molecule has 0 radical (unpaired) electrons. The van der Waals surface area contributed by atoms with Gasteiger partial charge in [0.1, 0.15) is 0 Å². The van der Waals surface area contributed by atoms with Crippen LogP contribution in [0.5, 0.6) is 0 Å². The third kappa shape index (κ3) is 2.57. The Balaban J connectivity index is 1.40. The van der Waals surface area contributed by atoms with Crippen molar-refractivity contribution < 1.29 is 0 Å². The van der Waals surface area contributed by atoms with Crippen molar-refractivity contribution >= 4 is 32.7 Å². The maximum absolute atomic E-state index is 5.14. The van der Waals surface area contributed by atoms with E-state index in [1.165, 1.54) is 55.1 Å². The minimum absolute atomic E-state index is 1.01. The molecule has 2 heteroatoms. The van der Waals surface area contributed by atoms with Gasteiger partial charge in [0.2, 0.25) is 0 Å². The topological polar surface area (TPSA) is 17.8 Å². The van der Waals surface area contributed by atoms with Gasteiger partial charge in [-0.15, -0.1) is 0 Å². The molecule has 1 aliphatic carbocycles. The molecule has 1 aliphatic rings. The van der Waals surface area contributed by atoms with E-state index in [-0.39, 0.29) is 0 Å². The summed E-state index contributed by atoms with van der Waals surface area (Å²) in [4.78, 5) is 5.14. The lowest BCUT2D eigenvalue weighted by Crippen LogP contribution is -1.93. The highest BCUT2D eigenvalue weighted by molar-refractivity contribution is 6.15. The number of pyridine rings is 1. The summed E-state index contributed by atoms with van der Waals surface area (Å²) in [5.41, 5.74) is 12.0. The Kier molecular flexibility index (Phi) is 3.69. The zero-order valence-corrected chi connectivity index (χ0v) is 18.9. The maximum atomic E-state index is 5.14. The molecule has 0 saturated carbocycles. The van der Waals surface area contributed by atoms with Gasteiger partial charge in [-0.2, -0.15) is 0 Å². The molecule has 0 aliphatic heterocycles. The van der Waals surface area contributed by atoms with Gasteiger partial charge in [0.25, 0.3) is 0 Å². The van der Waals surface area contributed by atoms with Gasteiger partial charge in [-0.05, 0) is 64.7 Å². The summed E-state index contributed by atoms with van der Waals surface area (Å²) in [7, 11) is 0. The van der Waals surface area contributed by atoms with Gasteiger partial charge in [0, 0.05) is 27.4 Å². The van der Waals surface area contributed by atoms with E-state index >= 15 is 0 Å². The second-order valence-corrected chi connectivity index (χ2v) is 9.22. The second-order valence-electron chi connectivity index (χ2n) is 9.22. The van der Waals surface area contributed by atoms with Crippen LogP contribution in [0.15, 0.2) is 121 Å². The summed E-state index contributed by atoms with van der Waals surface area (Å²) >= 11 is 0. The number of hydrogen-bond donors (Lipinski definition) is 0. The van der Waals surface area contributed by atoms with Crippen molar-refractivity contribution in [3.63, 3.8) is 0 Å². The van der Waals surface area contributed by atoms with Gasteiger partial charge in [0.05, 0.1) is 22.2 Å². The molecule has 0 amide bonds. The minimum atomic E-state index is 1.01. The molecule has 0 unspecified atom stereocenters. The first-order valence-electron chi connectivity index (χ1n) is 12.0. The van der Waals surface area contributed by atoms with Crippen LogP contribution in [-0.4, -0.2) is 9.55 Å². The number of para-hydroxylation sites is 2. The molecular weight excluding hydrogens is 424 g/mol. The zero-order chi connectivity index (χ0) is 22.9. The lowest BCUT2D eigenvalue weighted by molar-refractivity contribution is 1.18. The highest BCUT2D eigenvalue weighted by Crippen LogP contribution is 2.47. The van der Waals surface area contributed by atoms with Gasteiger partial charge >= 0.3 is 0 Å². The van der Waals surface area contributed by atoms with Crippen molar-refractivity contribution in [2.75, 3.05) is 0 Å². The fraction of sp³-hybridized carbons (Fsp3) is 0. The Morgan fingerprint density at radius 2 is 1.20 bits per heavy atom. The standard InChI is InChI=1S/C33H20N2/c1-2-9-22(10-3-1)35-31-16-7-6-13-25(31)27-19-21(17-18-32(27)35)30-20-28-24-12-5-4-11-23(24)26-14-8-15-29(34-30)33(26)28/h1-20H. The van der Waals surface area contributed by atoms with E-state index < -0.39 is 0 Å². The number of fused-ring (bicyclic) bond motifs is 6. The van der Waals surface area contributed by atoms with E-state index in [1.807, 2.05) is 0 Å². The van der Waals surface area contributed by atoms with Crippen LogP contribution in [0.25, 0.3) is 71.9 Å². The summed E-state index contributed by atoms with van der Waals surface area (Å²) in [6.07, 6.45) is 0. The van der Waals surface area contributed by atoms with Crippen LogP contribution in [-0.2, 0) is 0 Å². The Hall–Kier alpha value is -4.69. The number of nitrogens with zero attached hydrogens (tertiary/aromatic N) is 2. The maximum Gasteiger partial charge on any atom is 0.0722 e. The summed E-state index contributed by atoms with van der Waals surface area (Å²) in [6.45, 7) is 0. The second kappa shape index (κ2) is 6.91. The lowest BCUT2D eigenvalue weighted by Gasteiger charge is -2.09. The molecule has 0 atom stereocenters. The fourth-order valence-corrected chi connectivity index (χ4v) is 5.81. The molecule has 0 saturated heterocycles. The lowest BCUT2D eigenvalue weighted by atomic mass is 10.0. The molecule has 2 aromatic heterocycles. The SMILES string of the molecule is c1ccc(-n2c3ccccc3c3cc(-c4cc5c6c(cccc6n4)-c4ccccc4-5)ccc32)cc1. The highest BCUT2D eigenvalue weighted by atomic mass is 15.0. The molecule has 162 valence electrons. The van der Waals surface area contributed by atoms with E-state index in [9.17, 15) is 0 Å². The molecule has 2 heterocycles. The van der Waals surface area contributed by atoms with Crippen molar-refractivity contribution in [2.45, 2.75) is 0 Å². The Morgan fingerprint density at radius 1 is 0.486 bits per heavy atom. The first kappa shape index (κ1) is 18.7. The number of rotatable bonds is 2. The summed E-state index contributed by atoms with van der Waals surface area (Å²) < 4.78 is 2.35. The average molecular weight is 445 g/mol. The molecule has 0 fully saturated rings. The number of aromatic nitrogens is 2. The van der Waals surface area contributed by atoms with E-state index in [0.717, 1.165) is 16.8 Å². The van der Waals surface area contributed by atoms with Crippen molar-refractivity contribution in [3.8, 4) is 39.2 Å². The molecule has 5 aromatic carbocycles. The van der Waals surface area contributed by atoms with Crippen molar-refractivity contribution in [2.24, 2.45) is 0 Å². The molecule has 7 aromatic rings. The molecule has 0 spiro atoms. The molecule has 35 heavy (non-hydrogen) atoms. The van der Waals surface area contributed by atoms with Crippen molar-refractivity contribution in [1.82, 2.24) is 9.55 Å². The summed E-state index contributed by atoms with van der Waals surface area (Å²) in [5, 5.41) is 3.76. The average Bonchev–Trinajstić information content (AvgIpc) is 3.43. The smallest absolute Gasteiger partial charge is 0.0722 e. The van der Waals surface area contributed by atoms with E-state index in [2.05, 4.69) is 126 Å². The zero-order valence-electron chi connectivity index (χ0n) is 18.9. The number of benzene rings is 5.